The molecule has 5 unspecified atom stereocenters. The monoisotopic (exact) mass is 544 g/mol. The molecule has 5 rings (SSSR count). The van der Waals surface area contributed by atoms with Crippen LogP contribution in [-0.4, -0.2) is 43.3 Å². The van der Waals surface area contributed by atoms with Gasteiger partial charge in [0.15, 0.2) is 15.6 Å². The zero-order valence-corrected chi connectivity index (χ0v) is 21.4. The second kappa shape index (κ2) is 8.21. The molecule has 4 aliphatic rings. The molecule has 0 bridgehead atoms. The Morgan fingerprint density at radius 1 is 1.00 bits per heavy atom. The van der Waals surface area contributed by atoms with Crippen molar-refractivity contribution < 1.29 is 40.3 Å². The Morgan fingerprint density at radius 3 is 2.24 bits per heavy atom. The molecule has 1 aromatic rings. The summed E-state index contributed by atoms with van der Waals surface area (Å²) in [6.45, 7) is 1.36. The molecule has 1 N–H and O–H groups in total. The fraction of sp³-hybridized carbons (Fsp3) is 0.593. The van der Waals surface area contributed by atoms with Crippen LogP contribution in [0.3, 0.4) is 0 Å². The molecule has 0 aromatic heterocycles. The molecule has 2 fully saturated rings. The zero-order chi connectivity index (χ0) is 27.2. The van der Waals surface area contributed by atoms with Gasteiger partial charge in [0, 0.05) is 24.0 Å². The van der Waals surface area contributed by atoms with Crippen molar-refractivity contribution in [3.05, 3.63) is 52.6 Å². The molecule has 0 radical (unpaired) electrons. The number of carbonyl (C=O) groups is 1. The van der Waals surface area contributed by atoms with E-state index in [1.807, 2.05) is 0 Å². The van der Waals surface area contributed by atoms with E-state index >= 15 is 0 Å². The Balaban J connectivity index is 1.69. The summed E-state index contributed by atoms with van der Waals surface area (Å²) in [5.74, 6) is -6.79. The van der Waals surface area contributed by atoms with Crippen LogP contribution in [0.5, 0.6) is 0 Å². The van der Waals surface area contributed by atoms with Gasteiger partial charge in [-0.15, -0.1) is 0 Å². The lowest BCUT2D eigenvalue weighted by molar-refractivity contribution is -0.362. The first-order valence-electron chi connectivity index (χ1n) is 12.4. The van der Waals surface area contributed by atoms with Gasteiger partial charge < -0.3 is 5.11 Å². The molecular weight excluding hydrogens is 515 g/mol. The second-order valence-corrected chi connectivity index (χ2v) is 13.3. The summed E-state index contributed by atoms with van der Waals surface area (Å²) in [4.78, 5) is 12.2. The molecule has 0 spiro atoms. The number of aliphatic hydroxyl groups is 1. The first-order valence-corrected chi connectivity index (χ1v) is 14.3. The standard InChI is InChI=1S/C27H29F5O4S/c1-24-14-21(15-3-7-18(8-4-15)37(2,35)36)23-19-10-6-17(33)13-16(19)5-9-20(23)22(24)11-12-25(24,34)26(28,29)27(30,31)32/h3-4,7-8,13,20-22,34H,5-6,9-12,14H2,1-2H3. The maximum Gasteiger partial charge on any atom is 0.456 e. The van der Waals surface area contributed by atoms with E-state index in [1.165, 1.54) is 19.1 Å². The van der Waals surface area contributed by atoms with Crippen molar-refractivity contribution in [3.8, 4) is 0 Å². The first kappa shape index (κ1) is 26.5. The van der Waals surface area contributed by atoms with Crippen LogP contribution in [0.25, 0.3) is 0 Å². The topological polar surface area (TPSA) is 71.4 Å². The number of sulfone groups is 1. The molecular formula is C27H29F5O4S. The Labute approximate surface area is 212 Å². The second-order valence-electron chi connectivity index (χ2n) is 11.3. The summed E-state index contributed by atoms with van der Waals surface area (Å²) < 4.78 is 94.8. The molecule has 5 atom stereocenters. The molecule has 2 saturated carbocycles. The highest BCUT2D eigenvalue weighted by atomic mass is 32.2. The number of ketones is 1. The molecule has 0 aliphatic heterocycles. The minimum atomic E-state index is -5.91. The average Bonchev–Trinajstić information content (AvgIpc) is 3.09. The molecule has 4 nitrogen and oxygen atoms in total. The van der Waals surface area contributed by atoms with Crippen LogP contribution >= 0.6 is 0 Å². The van der Waals surface area contributed by atoms with E-state index in [1.54, 1.807) is 18.2 Å². The van der Waals surface area contributed by atoms with Gasteiger partial charge in [0.1, 0.15) is 5.60 Å². The SMILES string of the molecule is CC12CC(c3ccc(S(C)(=O)=O)cc3)C3=C4CCC(=O)C=C4CCC3C1CCC2(O)C(F)(F)C(F)(F)F. The normalized spacial score (nSPS) is 34.5. The number of halogens is 5. The third-order valence-electron chi connectivity index (χ3n) is 9.47. The van der Waals surface area contributed by atoms with Crippen molar-refractivity contribution >= 4 is 15.6 Å². The van der Waals surface area contributed by atoms with Crippen molar-refractivity contribution in [1.29, 1.82) is 0 Å². The van der Waals surface area contributed by atoms with Crippen LogP contribution in [0.15, 0.2) is 52.0 Å². The number of alkyl halides is 5. The number of rotatable bonds is 3. The van der Waals surface area contributed by atoms with Crippen LogP contribution in [0.4, 0.5) is 22.0 Å². The van der Waals surface area contributed by atoms with Crippen LogP contribution in [0.1, 0.15) is 63.4 Å². The Morgan fingerprint density at radius 2 is 1.65 bits per heavy atom. The quantitative estimate of drug-likeness (QED) is 0.480. The maximum absolute atomic E-state index is 15.0. The fourth-order valence-corrected chi connectivity index (χ4v) is 8.29. The van der Waals surface area contributed by atoms with Crippen LogP contribution < -0.4 is 0 Å². The van der Waals surface area contributed by atoms with Gasteiger partial charge in [0.25, 0.3) is 0 Å². The molecule has 0 amide bonds. The third kappa shape index (κ3) is 3.76. The van der Waals surface area contributed by atoms with Crippen LogP contribution in [-0.2, 0) is 14.6 Å². The van der Waals surface area contributed by atoms with E-state index in [4.69, 9.17) is 0 Å². The molecule has 10 heteroatoms. The highest BCUT2D eigenvalue weighted by Crippen LogP contribution is 2.70. The molecule has 4 aliphatic carbocycles. The average molecular weight is 545 g/mol. The van der Waals surface area contributed by atoms with Crippen molar-refractivity contribution in [2.45, 2.75) is 80.4 Å². The van der Waals surface area contributed by atoms with Gasteiger partial charge in [0.05, 0.1) is 4.90 Å². The third-order valence-corrected chi connectivity index (χ3v) is 10.6. The van der Waals surface area contributed by atoms with E-state index in [-0.39, 0.29) is 29.4 Å². The maximum atomic E-state index is 15.0. The smallest absolute Gasteiger partial charge is 0.383 e. The van der Waals surface area contributed by atoms with Gasteiger partial charge in [-0.25, -0.2) is 8.42 Å². The van der Waals surface area contributed by atoms with Crippen molar-refractivity contribution in [2.75, 3.05) is 6.26 Å². The molecule has 1 aromatic carbocycles. The Bertz CT molecular complexity index is 1310. The number of benzene rings is 1. The van der Waals surface area contributed by atoms with Gasteiger partial charge in [-0.2, -0.15) is 22.0 Å². The van der Waals surface area contributed by atoms with Crippen LogP contribution in [0, 0.1) is 17.3 Å². The summed E-state index contributed by atoms with van der Waals surface area (Å²) in [5, 5.41) is 11.3. The lowest BCUT2D eigenvalue weighted by Gasteiger charge is -2.56. The number of fused-ring (bicyclic) bond motifs is 4. The number of hydrogen-bond donors (Lipinski definition) is 1. The van der Waals surface area contributed by atoms with Gasteiger partial charge in [-0.05, 0) is 85.3 Å². The van der Waals surface area contributed by atoms with Gasteiger partial charge in [0.2, 0.25) is 0 Å². The van der Waals surface area contributed by atoms with Gasteiger partial charge >= 0.3 is 12.1 Å². The van der Waals surface area contributed by atoms with Crippen molar-refractivity contribution in [3.63, 3.8) is 0 Å². The lowest BCUT2D eigenvalue weighted by atomic mass is 9.50. The van der Waals surface area contributed by atoms with Crippen molar-refractivity contribution in [2.24, 2.45) is 17.3 Å². The summed E-state index contributed by atoms with van der Waals surface area (Å²) >= 11 is 0. The van der Waals surface area contributed by atoms with E-state index < -0.39 is 51.2 Å². The number of allylic oxidation sites excluding steroid dienone is 4. The van der Waals surface area contributed by atoms with E-state index in [0.717, 1.165) is 23.0 Å². The Hall–Kier alpha value is -2.07. The summed E-state index contributed by atoms with van der Waals surface area (Å²) in [7, 11) is -3.50. The van der Waals surface area contributed by atoms with E-state index in [2.05, 4.69) is 0 Å². The summed E-state index contributed by atoms with van der Waals surface area (Å²) in [6, 6.07) is 5.98. The summed E-state index contributed by atoms with van der Waals surface area (Å²) in [5.41, 5.74) is -1.62. The van der Waals surface area contributed by atoms with Gasteiger partial charge in [-0.1, -0.05) is 24.6 Å². The zero-order valence-electron chi connectivity index (χ0n) is 20.5. The Kier molecular flexibility index (Phi) is 5.89. The molecule has 37 heavy (non-hydrogen) atoms. The first-order chi connectivity index (χ1) is 17.0. The van der Waals surface area contributed by atoms with E-state index in [9.17, 15) is 40.3 Å². The number of hydrogen-bond acceptors (Lipinski definition) is 4. The fourth-order valence-electron chi connectivity index (χ4n) is 7.66. The summed E-state index contributed by atoms with van der Waals surface area (Å²) in [6.07, 6.45) is -2.22. The minimum absolute atomic E-state index is 0.00700. The highest BCUT2D eigenvalue weighted by molar-refractivity contribution is 7.90. The van der Waals surface area contributed by atoms with Crippen LogP contribution in [0.2, 0.25) is 0 Å². The largest absolute Gasteiger partial charge is 0.456 e. The lowest BCUT2D eigenvalue weighted by Crippen LogP contribution is -2.65. The van der Waals surface area contributed by atoms with Gasteiger partial charge in [-0.3, -0.25) is 4.79 Å². The highest BCUT2D eigenvalue weighted by Gasteiger charge is 2.79. The minimum Gasteiger partial charge on any atom is -0.383 e. The molecule has 0 heterocycles. The molecule has 0 saturated heterocycles. The predicted octanol–water partition coefficient (Wildman–Crippen LogP) is 5.92. The molecule has 202 valence electrons. The predicted molar refractivity (Wildman–Crippen MR) is 126 cm³/mol. The van der Waals surface area contributed by atoms with E-state index in [0.29, 0.717) is 31.2 Å². The van der Waals surface area contributed by atoms with Crippen molar-refractivity contribution in [1.82, 2.24) is 0 Å². The number of carbonyl (C=O) groups excluding carboxylic acids is 1.